The number of ether oxygens (including phenoxy) is 1. The van der Waals surface area contributed by atoms with Crippen LogP contribution in [0.15, 0.2) is 53.6 Å². The Morgan fingerprint density at radius 1 is 1.16 bits per heavy atom. The standard InChI is InChI=1S/C30H32F2N6O6S/c1-4-14-38(45(42,43)26-13-10-21(31)18-23(26)32)25-19-33-29(36(5-2)6-3)35-27(25)34-24(28(39)40)17-20-8-11-22(12-9-20)44-30(41)37-15-7-16-37/h1,8-13,18-19,24H,5-7,14-17H2,2-3H3,(H,39,40)(H,33,34,35)/t24-/m0/s1. The van der Waals surface area contributed by atoms with Gasteiger partial charge in [-0.25, -0.2) is 36.1 Å². The minimum absolute atomic E-state index is 0.0891. The lowest BCUT2D eigenvalue weighted by atomic mass is 10.1. The van der Waals surface area contributed by atoms with Gasteiger partial charge in [-0.3, -0.25) is 0 Å². The number of terminal acetylenes is 1. The predicted octanol–water partition coefficient (Wildman–Crippen LogP) is 3.74. The highest BCUT2D eigenvalue weighted by molar-refractivity contribution is 7.92. The van der Waals surface area contributed by atoms with E-state index >= 15 is 0 Å². The van der Waals surface area contributed by atoms with Crippen molar-refractivity contribution < 1.29 is 36.6 Å². The Hall–Kier alpha value is -4.97. The molecule has 45 heavy (non-hydrogen) atoms. The number of aliphatic carboxylic acids is 1. The Morgan fingerprint density at radius 3 is 2.40 bits per heavy atom. The first-order chi connectivity index (χ1) is 21.5. The number of carboxylic acids is 1. The van der Waals surface area contributed by atoms with Crippen molar-refractivity contribution in [1.82, 2.24) is 14.9 Å². The van der Waals surface area contributed by atoms with E-state index in [2.05, 4.69) is 21.2 Å². The predicted molar refractivity (Wildman–Crippen MR) is 163 cm³/mol. The maximum Gasteiger partial charge on any atom is 0.415 e. The molecule has 1 atom stereocenters. The molecule has 1 saturated heterocycles. The lowest BCUT2D eigenvalue weighted by molar-refractivity contribution is -0.137. The molecule has 2 heterocycles. The van der Waals surface area contributed by atoms with Gasteiger partial charge in [0.15, 0.2) is 5.82 Å². The Labute approximate surface area is 259 Å². The molecule has 238 valence electrons. The van der Waals surface area contributed by atoms with Crippen molar-refractivity contribution in [3.05, 3.63) is 65.9 Å². The summed E-state index contributed by atoms with van der Waals surface area (Å²) in [5.74, 6) is -1.11. The van der Waals surface area contributed by atoms with Gasteiger partial charge in [-0.1, -0.05) is 18.1 Å². The number of amides is 1. The van der Waals surface area contributed by atoms with Crippen LogP contribution in [0, 0.1) is 24.0 Å². The molecule has 3 aromatic rings. The van der Waals surface area contributed by atoms with Gasteiger partial charge in [0.2, 0.25) is 5.95 Å². The number of hydrogen-bond acceptors (Lipinski definition) is 9. The van der Waals surface area contributed by atoms with E-state index in [4.69, 9.17) is 11.2 Å². The van der Waals surface area contributed by atoms with Gasteiger partial charge in [-0.15, -0.1) is 6.42 Å². The minimum Gasteiger partial charge on any atom is -0.480 e. The normalized spacial score (nSPS) is 13.3. The van der Waals surface area contributed by atoms with Gasteiger partial charge in [0.25, 0.3) is 10.0 Å². The Kier molecular flexibility index (Phi) is 10.4. The molecule has 2 aromatic carbocycles. The second-order valence-electron chi connectivity index (χ2n) is 9.96. The van der Waals surface area contributed by atoms with Crippen molar-refractivity contribution in [2.24, 2.45) is 0 Å². The van der Waals surface area contributed by atoms with Crippen LogP contribution in [0.4, 0.5) is 31.0 Å². The van der Waals surface area contributed by atoms with Gasteiger partial charge in [0.05, 0.1) is 12.7 Å². The van der Waals surface area contributed by atoms with Gasteiger partial charge in [-0.05, 0) is 50.1 Å². The topological polar surface area (TPSA) is 145 Å². The fourth-order valence-corrected chi connectivity index (χ4v) is 5.88. The van der Waals surface area contributed by atoms with Gasteiger partial charge in [0, 0.05) is 38.7 Å². The molecule has 12 nitrogen and oxygen atoms in total. The zero-order chi connectivity index (χ0) is 32.7. The molecule has 0 aliphatic carbocycles. The molecule has 1 aliphatic heterocycles. The molecule has 1 aliphatic rings. The average Bonchev–Trinajstić information content (AvgIpc) is 2.96. The lowest BCUT2D eigenvalue weighted by Crippen LogP contribution is -2.43. The van der Waals surface area contributed by atoms with Crippen LogP contribution in [0.1, 0.15) is 25.8 Å². The molecule has 0 radical (unpaired) electrons. The van der Waals surface area contributed by atoms with E-state index in [-0.39, 0.29) is 23.9 Å². The number of hydrogen-bond donors (Lipinski definition) is 2. The maximum atomic E-state index is 14.7. The Bertz CT molecular complexity index is 1690. The highest BCUT2D eigenvalue weighted by atomic mass is 32.2. The smallest absolute Gasteiger partial charge is 0.415 e. The monoisotopic (exact) mass is 642 g/mol. The van der Waals surface area contributed by atoms with Crippen LogP contribution in [0.25, 0.3) is 0 Å². The Balaban J connectivity index is 1.69. The van der Waals surface area contributed by atoms with Crippen LogP contribution < -0.4 is 19.3 Å². The fourth-order valence-electron chi connectivity index (χ4n) is 4.46. The van der Waals surface area contributed by atoms with Crippen molar-refractivity contribution in [2.75, 3.05) is 47.2 Å². The van der Waals surface area contributed by atoms with Crippen LogP contribution in [0.5, 0.6) is 5.75 Å². The zero-order valence-electron chi connectivity index (χ0n) is 24.6. The Morgan fingerprint density at radius 2 is 1.84 bits per heavy atom. The number of carbonyl (C=O) groups excluding carboxylic acids is 1. The molecule has 1 aromatic heterocycles. The van der Waals surface area contributed by atoms with Crippen LogP contribution >= 0.6 is 0 Å². The summed E-state index contributed by atoms with van der Waals surface area (Å²) < 4.78 is 61.5. The summed E-state index contributed by atoms with van der Waals surface area (Å²) in [6.07, 6.45) is 7.00. The van der Waals surface area contributed by atoms with E-state index in [0.717, 1.165) is 24.8 Å². The summed E-state index contributed by atoms with van der Waals surface area (Å²) in [6.45, 7) is 5.33. The maximum absolute atomic E-state index is 14.7. The molecule has 0 bridgehead atoms. The number of anilines is 3. The van der Waals surface area contributed by atoms with Crippen LogP contribution in [-0.4, -0.2) is 79.2 Å². The number of benzene rings is 2. The van der Waals surface area contributed by atoms with Crippen LogP contribution in [0.2, 0.25) is 0 Å². The first kappa shape index (κ1) is 32.9. The third-order valence-electron chi connectivity index (χ3n) is 7.06. The summed E-state index contributed by atoms with van der Waals surface area (Å²) in [5, 5.41) is 12.9. The van der Waals surface area contributed by atoms with Crippen LogP contribution in [-0.2, 0) is 21.2 Å². The van der Waals surface area contributed by atoms with E-state index in [9.17, 15) is 31.9 Å². The first-order valence-corrected chi connectivity index (χ1v) is 15.5. The van der Waals surface area contributed by atoms with Crippen molar-refractivity contribution >= 4 is 39.5 Å². The molecular weight excluding hydrogens is 610 g/mol. The average molecular weight is 643 g/mol. The molecular formula is C30H32F2N6O6S. The van der Waals surface area contributed by atoms with Crippen molar-refractivity contribution in [2.45, 2.75) is 37.6 Å². The number of likely N-dealkylation sites (tertiary alicyclic amines) is 1. The van der Waals surface area contributed by atoms with Gasteiger partial charge >= 0.3 is 12.1 Å². The summed E-state index contributed by atoms with van der Waals surface area (Å²) in [6, 6.07) is 6.94. The summed E-state index contributed by atoms with van der Waals surface area (Å²) in [7, 11) is -4.74. The lowest BCUT2D eigenvalue weighted by Gasteiger charge is -2.29. The van der Waals surface area contributed by atoms with Crippen molar-refractivity contribution in [3.63, 3.8) is 0 Å². The van der Waals surface area contributed by atoms with E-state index in [0.29, 0.717) is 47.9 Å². The molecule has 2 N–H and O–H groups in total. The number of nitrogens with zero attached hydrogens (tertiary/aromatic N) is 5. The van der Waals surface area contributed by atoms with Crippen molar-refractivity contribution in [3.8, 4) is 18.1 Å². The highest BCUT2D eigenvalue weighted by Gasteiger charge is 2.32. The quantitative estimate of drug-likeness (QED) is 0.265. The third kappa shape index (κ3) is 7.58. The summed E-state index contributed by atoms with van der Waals surface area (Å²) in [4.78, 5) is 35.7. The molecule has 0 unspecified atom stereocenters. The minimum atomic E-state index is -4.74. The summed E-state index contributed by atoms with van der Waals surface area (Å²) >= 11 is 0. The number of carboxylic acid groups (broad SMARTS) is 1. The number of carbonyl (C=O) groups is 2. The van der Waals surface area contributed by atoms with E-state index in [1.165, 1.54) is 0 Å². The fraction of sp³-hybridized carbons (Fsp3) is 0.333. The zero-order valence-corrected chi connectivity index (χ0v) is 25.4. The van der Waals surface area contributed by atoms with E-state index in [1.807, 2.05) is 13.8 Å². The van der Waals surface area contributed by atoms with Gasteiger partial charge in [-0.2, -0.15) is 4.98 Å². The number of nitrogens with one attached hydrogen (secondary N) is 1. The largest absolute Gasteiger partial charge is 0.480 e. The molecule has 0 saturated carbocycles. The molecule has 1 amide bonds. The number of halogens is 2. The molecule has 4 rings (SSSR count). The second kappa shape index (κ2) is 14.2. The van der Waals surface area contributed by atoms with Gasteiger partial charge < -0.3 is 25.0 Å². The highest BCUT2D eigenvalue weighted by Crippen LogP contribution is 2.32. The molecule has 0 spiro atoms. The number of sulfonamides is 1. The number of aromatic nitrogens is 2. The molecule has 15 heteroatoms. The second-order valence-corrected chi connectivity index (χ2v) is 11.8. The first-order valence-electron chi connectivity index (χ1n) is 14.1. The molecule has 1 fully saturated rings. The van der Waals surface area contributed by atoms with Crippen molar-refractivity contribution in [1.29, 1.82) is 0 Å². The SMILES string of the molecule is C#CCN(c1cnc(N(CC)CC)nc1N[C@@H](Cc1ccc(OC(=O)N2CCC2)cc1)C(=O)O)S(=O)(=O)c1ccc(F)cc1F. The van der Waals surface area contributed by atoms with E-state index < -0.39 is 51.2 Å². The summed E-state index contributed by atoms with van der Waals surface area (Å²) in [5.41, 5.74) is 0.312. The number of rotatable bonds is 13. The van der Waals surface area contributed by atoms with E-state index in [1.54, 1.807) is 34.1 Å². The van der Waals surface area contributed by atoms with Crippen LogP contribution in [0.3, 0.4) is 0 Å². The van der Waals surface area contributed by atoms with Gasteiger partial charge in [0.1, 0.15) is 34.0 Å². The third-order valence-corrected chi connectivity index (χ3v) is 8.85.